The molecular weight excluding hydrogens is 308 g/mol. The fourth-order valence-electron chi connectivity index (χ4n) is 4.12. The Kier molecular flexibility index (Phi) is 6.52. The molecule has 136 valence electrons. The maximum absolute atomic E-state index is 12.8. The fraction of sp³-hybridized carbons (Fsp3) is 0.833. The molecule has 2 saturated carbocycles. The average Bonchev–Trinajstić information content (AvgIpc) is 2.61. The molecule has 0 spiro atoms. The Morgan fingerprint density at radius 1 is 0.917 bits per heavy atom. The molecule has 0 aliphatic heterocycles. The summed E-state index contributed by atoms with van der Waals surface area (Å²) in [6.07, 6.45) is 8.87. The summed E-state index contributed by atoms with van der Waals surface area (Å²) in [5.41, 5.74) is 9.87. The van der Waals surface area contributed by atoms with Gasteiger partial charge in [0, 0.05) is 24.3 Å². The summed E-state index contributed by atoms with van der Waals surface area (Å²) in [5.74, 6) is -2.38. The summed E-state index contributed by atoms with van der Waals surface area (Å²) in [6.45, 7) is 0. The van der Waals surface area contributed by atoms with Crippen LogP contribution in [0.5, 0.6) is 0 Å². The number of aliphatic carboxylic acids is 1. The van der Waals surface area contributed by atoms with Crippen LogP contribution in [0.1, 0.15) is 70.6 Å². The van der Waals surface area contributed by atoms with E-state index in [0.29, 0.717) is 12.8 Å². The van der Waals surface area contributed by atoms with Crippen molar-refractivity contribution in [3.05, 3.63) is 0 Å². The molecule has 2 aliphatic rings. The molecule has 0 bridgehead atoms. The zero-order chi connectivity index (χ0) is 17.7. The molecule has 6 heteroatoms. The first-order valence-corrected chi connectivity index (χ1v) is 9.22. The second-order valence-corrected chi connectivity index (χ2v) is 7.49. The number of ketones is 2. The standard InChI is InChI=1S/C18H30N2O4/c19-15(11-14(21)12-7-3-1-4-8-12)18(20,17(23)24)16(22)13-9-5-2-6-10-13/h12-13,15H,1-11,19-20H2,(H,23,24). The molecule has 0 amide bonds. The number of carboxylic acids is 1. The average molecular weight is 338 g/mol. The van der Waals surface area contributed by atoms with Crippen LogP contribution in [0.15, 0.2) is 0 Å². The molecule has 0 heterocycles. The lowest BCUT2D eigenvalue weighted by Gasteiger charge is -2.34. The van der Waals surface area contributed by atoms with Crippen LogP contribution < -0.4 is 11.5 Å². The fourth-order valence-corrected chi connectivity index (χ4v) is 4.12. The monoisotopic (exact) mass is 338 g/mol. The molecule has 5 N–H and O–H groups in total. The quantitative estimate of drug-likeness (QED) is 0.608. The van der Waals surface area contributed by atoms with E-state index < -0.39 is 23.3 Å². The molecule has 6 nitrogen and oxygen atoms in total. The van der Waals surface area contributed by atoms with Crippen molar-refractivity contribution >= 4 is 17.5 Å². The van der Waals surface area contributed by atoms with Gasteiger partial charge in [0.05, 0.1) is 0 Å². The van der Waals surface area contributed by atoms with Crippen LogP contribution in [-0.4, -0.2) is 34.2 Å². The van der Waals surface area contributed by atoms with Gasteiger partial charge in [0.1, 0.15) is 5.78 Å². The summed E-state index contributed by atoms with van der Waals surface area (Å²) >= 11 is 0. The minimum Gasteiger partial charge on any atom is -0.479 e. The third kappa shape index (κ3) is 4.03. The Hall–Kier alpha value is -1.27. The third-order valence-electron chi connectivity index (χ3n) is 5.80. The number of rotatable bonds is 7. The van der Waals surface area contributed by atoms with E-state index in [4.69, 9.17) is 11.5 Å². The third-order valence-corrected chi connectivity index (χ3v) is 5.80. The highest BCUT2D eigenvalue weighted by Crippen LogP contribution is 2.30. The van der Waals surface area contributed by atoms with Gasteiger partial charge in [0.15, 0.2) is 11.3 Å². The Balaban J connectivity index is 2.07. The van der Waals surface area contributed by atoms with E-state index in [1.165, 1.54) is 0 Å². The number of carbonyl (C=O) groups excluding carboxylic acids is 2. The Morgan fingerprint density at radius 2 is 1.38 bits per heavy atom. The molecule has 2 fully saturated rings. The zero-order valence-electron chi connectivity index (χ0n) is 14.3. The first-order chi connectivity index (χ1) is 11.4. The molecule has 2 atom stereocenters. The Morgan fingerprint density at radius 3 is 1.83 bits per heavy atom. The largest absolute Gasteiger partial charge is 0.479 e. The van der Waals surface area contributed by atoms with Crippen molar-refractivity contribution in [2.24, 2.45) is 23.3 Å². The molecule has 24 heavy (non-hydrogen) atoms. The van der Waals surface area contributed by atoms with Crippen LogP contribution in [-0.2, 0) is 14.4 Å². The number of Topliss-reactive ketones (excluding diaryl/α,β-unsaturated/α-hetero) is 2. The lowest BCUT2D eigenvalue weighted by atomic mass is 9.73. The predicted octanol–water partition coefficient (Wildman–Crippen LogP) is 1.78. The molecular formula is C18H30N2O4. The molecule has 0 aromatic rings. The molecule has 2 rings (SSSR count). The maximum atomic E-state index is 12.8. The second kappa shape index (κ2) is 8.21. The smallest absolute Gasteiger partial charge is 0.333 e. The number of hydrogen-bond acceptors (Lipinski definition) is 5. The number of nitrogens with two attached hydrogens (primary N) is 2. The zero-order valence-corrected chi connectivity index (χ0v) is 14.3. The van der Waals surface area contributed by atoms with Crippen LogP contribution in [0.25, 0.3) is 0 Å². The van der Waals surface area contributed by atoms with Crippen LogP contribution in [0.4, 0.5) is 0 Å². The van der Waals surface area contributed by atoms with E-state index in [-0.39, 0.29) is 24.0 Å². The van der Waals surface area contributed by atoms with E-state index in [1.54, 1.807) is 0 Å². The minimum atomic E-state index is -2.16. The summed E-state index contributed by atoms with van der Waals surface area (Å²) in [5, 5.41) is 9.59. The number of carboxylic acid groups (broad SMARTS) is 1. The van der Waals surface area contributed by atoms with Gasteiger partial charge in [0.2, 0.25) is 0 Å². The summed E-state index contributed by atoms with van der Waals surface area (Å²) in [6, 6.07) is -1.17. The Labute approximate surface area is 143 Å². The van der Waals surface area contributed by atoms with Crippen molar-refractivity contribution in [2.75, 3.05) is 0 Å². The van der Waals surface area contributed by atoms with Crippen LogP contribution in [0.2, 0.25) is 0 Å². The van der Waals surface area contributed by atoms with Crippen LogP contribution in [0.3, 0.4) is 0 Å². The molecule has 0 saturated heterocycles. The molecule has 0 aromatic carbocycles. The van der Waals surface area contributed by atoms with Gasteiger partial charge in [-0.25, -0.2) is 4.79 Å². The molecule has 2 unspecified atom stereocenters. The van der Waals surface area contributed by atoms with Crippen molar-refractivity contribution in [3.8, 4) is 0 Å². The second-order valence-electron chi connectivity index (χ2n) is 7.49. The highest BCUT2D eigenvalue weighted by molar-refractivity contribution is 6.10. The lowest BCUT2D eigenvalue weighted by Crippen LogP contribution is -2.68. The molecule has 0 aromatic heterocycles. The molecule has 0 radical (unpaired) electrons. The van der Waals surface area contributed by atoms with E-state index in [0.717, 1.165) is 51.4 Å². The first-order valence-electron chi connectivity index (χ1n) is 9.22. The van der Waals surface area contributed by atoms with E-state index in [2.05, 4.69) is 0 Å². The van der Waals surface area contributed by atoms with Crippen LogP contribution in [0, 0.1) is 11.8 Å². The van der Waals surface area contributed by atoms with Crippen molar-refractivity contribution in [1.29, 1.82) is 0 Å². The van der Waals surface area contributed by atoms with Gasteiger partial charge in [-0.2, -0.15) is 0 Å². The van der Waals surface area contributed by atoms with Crippen molar-refractivity contribution in [2.45, 2.75) is 82.2 Å². The minimum absolute atomic E-state index is 0.0466. The first kappa shape index (κ1) is 19.1. The lowest BCUT2D eigenvalue weighted by molar-refractivity contribution is -0.151. The van der Waals surface area contributed by atoms with Gasteiger partial charge in [-0.15, -0.1) is 0 Å². The predicted molar refractivity (Wildman–Crippen MR) is 90.3 cm³/mol. The van der Waals surface area contributed by atoms with Gasteiger partial charge < -0.3 is 16.6 Å². The summed E-state index contributed by atoms with van der Waals surface area (Å²) in [4.78, 5) is 37.0. The number of carbonyl (C=O) groups is 3. The van der Waals surface area contributed by atoms with Crippen molar-refractivity contribution < 1.29 is 19.5 Å². The van der Waals surface area contributed by atoms with Crippen molar-refractivity contribution in [1.82, 2.24) is 0 Å². The van der Waals surface area contributed by atoms with Gasteiger partial charge >= 0.3 is 5.97 Å². The Bertz CT molecular complexity index is 481. The van der Waals surface area contributed by atoms with E-state index >= 15 is 0 Å². The summed E-state index contributed by atoms with van der Waals surface area (Å²) in [7, 11) is 0. The normalized spacial score (nSPS) is 24.1. The molecule has 2 aliphatic carbocycles. The summed E-state index contributed by atoms with van der Waals surface area (Å²) < 4.78 is 0. The van der Waals surface area contributed by atoms with Crippen LogP contribution >= 0.6 is 0 Å². The SMILES string of the molecule is NC(CC(=O)C1CCCCC1)C(N)(C(=O)O)C(=O)C1CCCCC1. The highest BCUT2D eigenvalue weighted by atomic mass is 16.4. The van der Waals surface area contributed by atoms with Gasteiger partial charge in [0.25, 0.3) is 0 Å². The van der Waals surface area contributed by atoms with Gasteiger partial charge in [-0.3, -0.25) is 9.59 Å². The maximum Gasteiger partial charge on any atom is 0.333 e. The van der Waals surface area contributed by atoms with Crippen molar-refractivity contribution in [3.63, 3.8) is 0 Å². The number of hydrogen-bond donors (Lipinski definition) is 3. The van der Waals surface area contributed by atoms with E-state index in [1.807, 2.05) is 0 Å². The van der Waals surface area contributed by atoms with Gasteiger partial charge in [-0.05, 0) is 25.7 Å². The topological polar surface area (TPSA) is 123 Å². The van der Waals surface area contributed by atoms with Gasteiger partial charge in [-0.1, -0.05) is 38.5 Å². The van der Waals surface area contributed by atoms with E-state index in [9.17, 15) is 19.5 Å². The highest BCUT2D eigenvalue weighted by Gasteiger charge is 2.50.